The highest BCUT2D eigenvalue weighted by molar-refractivity contribution is 7.25. The molecule has 2 rings (SSSR count). The van der Waals surface area contributed by atoms with E-state index in [0.29, 0.717) is 0 Å². The van der Waals surface area contributed by atoms with Gasteiger partial charge in [-0.25, -0.2) is 0 Å². The summed E-state index contributed by atoms with van der Waals surface area (Å²) in [7, 11) is -2.98. The van der Waals surface area contributed by atoms with Crippen LogP contribution < -0.4 is 0 Å². The Kier molecular flexibility index (Phi) is 6.29. The molecule has 23 heavy (non-hydrogen) atoms. The summed E-state index contributed by atoms with van der Waals surface area (Å²) in [6.45, 7) is 7.48. The van der Waals surface area contributed by atoms with Gasteiger partial charge in [-0.15, -0.1) is 0 Å². The van der Waals surface area contributed by atoms with Crippen molar-refractivity contribution in [2.24, 2.45) is 0 Å². The van der Waals surface area contributed by atoms with E-state index in [1.165, 1.54) is 0 Å². The Bertz CT molecular complexity index is 381. The van der Waals surface area contributed by atoms with E-state index >= 15 is 0 Å². The topological polar surface area (TPSA) is 52.6 Å². The zero-order chi connectivity index (χ0) is 17.0. The quantitative estimate of drug-likeness (QED) is 0.592. The van der Waals surface area contributed by atoms with Gasteiger partial charge in [-0.3, -0.25) is 9.59 Å². The van der Waals surface area contributed by atoms with Gasteiger partial charge in [0.05, 0.1) is 12.2 Å². The first-order valence-corrected chi connectivity index (χ1v) is 11.5. The summed E-state index contributed by atoms with van der Waals surface area (Å²) in [5.74, 6) is 0. The standard InChI is InChI=1S/C18H32O4Si/c1-13(2)21-17(19)23(15-9-5-6-10-15,16-11-7-8-12-16)18(20)22-14(3)4/h13-16H,5-12H2,1-4H3. The van der Waals surface area contributed by atoms with Gasteiger partial charge in [-0.05, 0) is 38.8 Å². The molecule has 0 aromatic carbocycles. The van der Waals surface area contributed by atoms with Crippen molar-refractivity contribution in [2.45, 2.75) is 102 Å². The molecule has 2 aliphatic rings. The molecule has 4 nitrogen and oxygen atoms in total. The van der Waals surface area contributed by atoms with Crippen molar-refractivity contribution in [1.82, 2.24) is 0 Å². The highest BCUT2D eigenvalue weighted by atomic mass is 28.3. The zero-order valence-electron chi connectivity index (χ0n) is 15.1. The minimum absolute atomic E-state index is 0.177. The molecular weight excluding hydrogens is 308 g/mol. The number of hydrogen-bond donors (Lipinski definition) is 0. The van der Waals surface area contributed by atoms with Crippen LogP contribution in [0.4, 0.5) is 9.59 Å². The molecule has 0 heterocycles. The Morgan fingerprint density at radius 2 is 1.04 bits per heavy atom. The summed E-state index contributed by atoms with van der Waals surface area (Å²) >= 11 is 0. The maximum Gasteiger partial charge on any atom is 0.317 e. The molecule has 2 saturated carbocycles. The molecule has 0 saturated heterocycles. The highest BCUT2D eigenvalue weighted by Gasteiger charge is 2.64. The first-order chi connectivity index (χ1) is 10.9. The van der Waals surface area contributed by atoms with Gasteiger partial charge in [-0.1, -0.05) is 51.4 Å². The maximum atomic E-state index is 13.2. The van der Waals surface area contributed by atoms with Crippen molar-refractivity contribution in [2.75, 3.05) is 0 Å². The van der Waals surface area contributed by atoms with Gasteiger partial charge >= 0.3 is 8.07 Å². The van der Waals surface area contributed by atoms with Crippen LogP contribution in [-0.4, -0.2) is 31.5 Å². The Morgan fingerprint density at radius 3 is 1.30 bits per heavy atom. The number of carbonyl (C=O) groups excluding carboxylic acids is 2. The largest absolute Gasteiger partial charge is 0.467 e. The van der Waals surface area contributed by atoms with Crippen LogP contribution in [0.15, 0.2) is 0 Å². The van der Waals surface area contributed by atoms with Crippen LogP contribution in [0.3, 0.4) is 0 Å². The van der Waals surface area contributed by atoms with Crippen molar-refractivity contribution in [3.8, 4) is 0 Å². The smallest absolute Gasteiger partial charge is 0.317 e. The molecule has 0 aromatic rings. The molecule has 0 spiro atoms. The molecule has 0 atom stereocenters. The van der Waals surface area contributed by atoms with Crippen LogP contribution in [0.2, 0.25) is 11.1 Å². The fourth-order valence-electron chi connectivity index (χ4n) is 4.47. The summed E-state index contributed by atoms with van der Waals surface area (Å²) in [5, 5.41) is 0. The van der Waals surface area contributed by atoms with Crippen molar-refractivity contribution in [3.05, 3.63) is 0 Å². The van der Waals surface area contributed by atoms with Crippen molar-refractivity contribution in [3.63, 3.8) is 0 Å². The molecule has 0 N–H and O–H groups in total. The van der Waals surface area contributed by atoms with E-state index in [0.717, 1.165) is 51.4 Å². The van der Waals surface area contributed by atoms with E-state index in [4.69, 9.17) is 9.47 Å². The predicted molar refractivity (Wildman–Crippen MR) is 93.4 cm³/mol. The van der Waals surface area contributed by atoms with Crippen LogP contribution in [0, 0.1) is 0 Å². The Labute approximate surface area is 141 Å². The summed E-state index contributed by atoms with van der Waals surface area (Å²) in [5.41, 5.74) is 0.0279. The second-order valence-corrected chi connectivity index (χ2v) is 11.9. The van der Waals surface area contributed by atoms with Crippen LogP contribution in [-0.2, 0) is 9.47 Å². The molecule has 2 fully saturated rings. The van der Waals surface area contributed by atoms with Gasteiger partial charge in [0.1, 0.15) is 0 Å². The van der Waals surface area contributed by atoms with E-state index in [9.17, 15) is 9.59 Å². The van der Waals surface area contributed by atoms with Crippen LogP contribution in [0.1, 0.15) is 79.1 Å². The van der Waals surface area contributed by atoms with Crippen molar-refractivity contribution in [1.29, 1.82) is 0 Å². The number of ether oxygens (including phenoxy) is 2. The minimum Gasteiger partial charge on any atom is -0.467 e. The molecule has 0 aliphatic heterocycles. The van der Waals surface area contributed by atoms with E-state index in [1.54, 1.807) is 0 Å². The molecule has 0 radical (unpaired) electrons. The third kappa shape index (κ3) is 3.81. The fourth-order valence-corrected chi connectivity index (χ4v) is 10.1. The summed E-state index contributed by atoms with van der Waals surface area (Å²) in [6, 6.07) is 0. The SMILES string of the molecule is CC(C)OC(=O)[Si](C(=O)OC(C)C)(C1CCCC1)C1CCCC1. The highest BCUT2D eigenvalue weighted by Crippen LogP contribution is 2.51. The summed E-state index contributed by atoms with van der Waals surface area (Å²) < 4.78 is 11.3. The normalized spacial score (nSPS) is 20.4. The Balaban J connectivity index is 2.42. The van der Waals surface area contributed by atoms with E-state index in [1.807, 2.05) is 27.7 Å². The second-order valence-electron chi connectivity index (χ2n) is 7.74. The third-order valence-electron chi connectivity index (χ3n) is 5.36. The molecule has 0 unspecified atom stereocenters. The van der Waals surface area contributed by atoms with Crippen LogP contribution in [0.25, 0.3) is 0 Å². The summed E-state index contributed by atoms with van der Waals surface area (Å²) in [4.78, 5) is 26.4. The first-order valence-electron chi connectivity index (χ1n) is 9.31. The lowest BCUT2D eigenvalue weighted by molar-refractivity contribution is 0.127. The molecule has 0 amide bonds. The predicted octanol–water partition coefficient (Wildman–Crippen LogP) is 5.58. The monoisotopic (exact) mass is 340 g/mol. The molecule has 0 bridgehead atoms. The van der Waals surface area contributed by atoms with Gasteiger partial charge < -0.3 is 9.47 Å². The Hall–Kier alpha value is -0.843. The van der Waals surface area contributed by atoms with Crippen molar-refractivity contribution >= 4 is 19.3 Å². The average molecular weight is 341 g/mol. The lowest BCUT2D eigenvalue weighted by atomic mass is 10.3. The number of rotatable bonds is 6. The van der Waals surface area contributed by atoms with Gasteiger partial charge in [0, 0.05) is 0 Å². The van der Waals surface area contributed by atoms with Crippen LogP contribution >= 0.6 is 0 Å². The van der Waals surface area contributed by atoms with Crippen molar-refractivity contribution < 1.29 is 19.1 Å². The zero-order valence-corrected chi connectivity index (χ0v) is 16.1. The van der Waals surface area contributed by atoms with Crippen LogP contribution in [0.5, 0.6) is 0 Å². The number of carbonyl (C=O) groups is 2. The van der Waals surface area contributed by atoms with Gasteiger partial charge in [0.2, 0.25) is 0 Å². The van der Waals surface area contributed by atoms with E-state index in [-0.39, 0.29) is 34.5 Å². The minimum atomic E-state index is -2.98. The van der Waals surface area contributed by atoms with Gasteiger partial charge in [-0.2, -0.15) is 0 Å². The lowest BCUT2D eigenvalue weighted by Crippen LogP contribution is -2.60. The molecule has 0 aromatic heterocycles. The number of hydrogen-bond acceptors (Lipinski definition) is 4. The lowest BCUT2D eigenvalue weighted by Gasteiger charge is -2.37. The van der Waals surface area contributed by atoms with Gasteiger partial charge in [0.25, 0.3) is 11.2 Å². The first kappa shape index (κ1) is 18.5. The fraction of sp³-hybridized carbons (Fsp3) is 0.889. The maximum absolute atomic E-state index is 13.2. The van der Waals surface area contributed by atoms with Gasteiger partial charge in [0.15, 0.2) is 0 Å². The third-order valence-corrected chi connectivity index (χ3v) is 10.7. The average Bonchev–Trinajstić information content (AvgIpc) is 3.10. The molecule has 5 heteroatoms. The molecule has 2 aliphatic carbocycles. The molecular formula is C18H32O4Si. The summed E-state index contributed by atoms with van der Waals surface area (Å²) in [6.07, 6.45) is 8.09. The Morgan fingerprint density at radius 1 is 0.739 bits per heavy atom. The second kappa shape index (κ2) is 7.82. The molecule has 132 valence electrons. The van der Waals surface area contributed by atoms with E-state index < -0.39 is 8.07 Å². The van der Waals surface area contributed by atoms with E-state index in [2.05, 4.69) is 0 Å².